The summed E-state index contributed by atoms with van der Waals surface area (Å²) in [5.41, 5.74) is 6.10. The van der Waals surface area contributed by atoms with Gasteiger partial charge in [-0.3, -0.25) is 0 Å². The highest BCUT2D eigenvalue weighted by atomic mass is 16.3. The Morgan fingerprint density at radius 2 is 0.556 bits per heavy atom. The number of rotatable bonds is 16. The first-order valence-corrected chi connectivity index (χ1v) is 23.0. The summed E-state index contributed by atoms with van der Waals surface area (Å²) in [5.74, 6) is -0.999. The second-order valence-corrected chi connectivity index (χ2v) is 17.7. The van der Waals surface area contributed by atoms with E-state index in [2.05, 4.69) is 0 Å². The van der Waals surface area contributed by atoms with Crippen LogP contribution in [0.25, 0.3) is 32.7 Å². The summed E-state index contributed by atoms with van der Waals surface area (Å²) in [5, 5.41) is 154. The maximum Gasteiger partial charge on any atom is 0.126 e. The summed E-state index contributed by atoms with van der Waals surface area (Å²) >= 11 is 0. The van der Waals surface area contributed by atoms with Gasteiger partial charge in [0.15, 0.2) is 0 Å². The van der Waals surface area contributed by atoms with Crippen molar-refractivity contribution in [2.45, 2.75) is 84.8 Å². The maximum atomic E-state index is 10.4. The molecule has 72 heavy (non-hydrogen) atoms. The molecule has 0 aliphatic rings. The van der Waals surface area contributed by atoms with Gasteiger partial charge in [-0.25, -0.2) is 0 Å². The molecule has 8 aromatic rings. The zero-order chi connectivity index (χ0) is 52.0. The van der Waals surface area contributed by atoms with E-state index in [-0.39, 0.29) is 88.6 Å². The van der Waals surface area contributed by atoms with Crippen LogP contribution in [0.15, 0.2) is 109 Å². The third kappa shape index (κ3) is 9.78. The van der Waals surface area contributed by atoms with Crippen molar-refractivity contribution in [1.82, 2.24) is 0 Å². The minimum absolute atomic E-state index is 0.0921. The van der Waals surface area contributed by atoms with Crippen molar-refractivity contribution >= 4 is 21.5 Å². The Morgan fingerprint density at radius 1 is 0.319 bits per heavy atom. The normalized spacial score (nSPS) is 11.6. The monoisotopic (exact) mass is 982 g/mol. The molecule has 0 aromatic heterocycles. The fourth-order valence-corrected chi connectivity index (χ4v) is 9.61. The molecule has 0 spiro atoms. The molecule has 15 N–H and O–H groups in total. The molecular formula is C57H58O15. The van der Waals surface area contributed by atoms with Crippen LogP contribution in [-0.2, 0) is 77.9 Å². The molecule has 0 radical (unpaired) electrons. The van der Waals surface area contributed by atoms with E-state index in [1.54, 1.807) is 31.2 Å². The van der Waals surface area contributed by atoms with Gasteiger partial charge in [0.05, 0.1) is 66.1 Å². The van der Waals surface area contributed by atoms with Gasteiger partial charge in [0.2, 0.25) is 0 Å². The molecule has 0 unspecified atom stereocenters. The van der Waals surface area contributed by atoms with E-state index in [9.17, 15) is 76.6 Å². The second kappa shape index (κ2) is 22.5. The van der Waals surface area contributed by atoms with E-state index in [1.165, 1.54) is 36.4 Å². The van der Waals surface area contributed by atoms with Crippen LogP contribution in [0.1, 0.15) is 90.4 Å². The van der Waals surface area contributed by atoms with E-state index in [1.807, 2.05) is 48.5 Å². The Morgan fingerprint density at radius 3 is 0.819 bits per heavy atom. The number of hydrogen-bond donors (Lipinski definition) is 15. The lowest BCUT2D eigenvalue weighted by Crippen LogP contribution is -2.27. The Bertz CT molecular complexity index is 2940. The molecule has 0 aliphatic carbocycles. The highest BCUT2D eigenvalue weighted by molar-refractivity contribution is 6.15. The first kappa shape index (κ1) is 52.7. The van der Waals surface area contributed by atoms with Crippen LogP contribution in [-0.4, -0.2) is 76.6 Å². The molecule has 0 bridgehead atoms. The second-order valence-electron chi connectivity index (χ2n) is 17.7. The summed E-state index contributed by atoms with van der Waals surface area (Å²) in [4.78, 5) is 0. The van der Waals surface area contributed by atoms with Crippen LogP contribution < -0.4 is 0 Å². The number of hydrogen-bond acceptors (Lipinski definition) is 15. The molecule has 0 heterocycles. The summed E-state index contributed by atoms with van der Waals surface area (Å²) in [6.07, 6.45) is 0.501. The van der Waals surface area contributed by atoms with Crippen LogP contribution in [0.2, 0.25) is 0 Å². The molecule has 0 aliphatic heterocycles. The van der Waals surface area contributed by atoms with Crippen molar-refractivity contribution in [2.24, 2.45) is 0 Å². The maximum absolute atomic E-state index is 10.4. The largest absolute Gasteiger partial charge is 0.507 e. The number of benzene rings is 8. The van der Waals surface area contributed by atoms with Crippen molar-refractivity contribution in [3.05, 3.63) is 193 Å². The lowest BCUT2D eigenvalue weighted by Gasteiger charge is -2.34. The number of aromatic hydroxyl groups is 5. The molecule has 0 saturated carbocycles. The first-order chi connectivity index (χ1) is 34.7. The van der Waals surface area contributed by atoms with Gasteiger partial charge < -0.3 is 76.6 Å². The highest BCUT2D eigenvalue weighted by Crippen LogP contribution is 2.46. The smallest absolute Gasteiger partial charge is 0.126 e. The summed E-state index contributed by atoms with van der Waals surface area (Å²) in [6, 6.07) is 32.2. The lowest BCUT2D eigenvalue weighted by atomic mass is 9.69. The molecule has 0 amide bonds. The molecular weight excluding hydrogens is 925 g/mol. The van der Waals surface area contributed by atoms with E-state index in [0.29, 0.717) is 45.4 Å². The molecule has 8 aromatic carbocycles. The molecule has 8 rings (SSSR count). The summed E-state index contributed by atoms with van der Waals surface area (Å²) in [6.45, 7) is -2.80. The SMILES string of the molecule is CC(c1cc(CO)c(O)c(CO)c1)(c1cc(CO)c(O)c(CO)c1)c1cc(CO)c(O)c(CO)c1.OCc1cc(Cc2c3ccccc3c(-c3cc(CO)c(O)c(CO)c3)c3ccccc23)cc(CO)c1O. The fraction of sp³-hybridized carbons (Fsp3) is 0.228. The minimum Gasteiger partial charge on any atom is -0.507 e. The summed E-state index contributed by atoms with van der Waals surface area (Å²) < 4.78 is 0. The van der Waals surface area contributed by atoms with Gasteiger partial charge in [-0.1, -0.05) is 48.5 Å². The van der Waals surface area contributed by atoms with Gasteiger partial charge in [-0.2, -0.15) is 0 Å². The van der Waals surface area contributed by atoms with Crippen molar-refractivity contribution in [1.29, 1.82) is 0 Å². The Labute approximate surface area is 414 Å². The van der Waals surface area contributed by atoms with Crippen LogP contribution in [0.5, 0.6) is 28.7 Å². The molecule has 15 heteroatoms. The zero-order valence-corrected chi connectivity index (χ0v) is 39.4. The van der Waals surface area contributed by atoms with Crippen LogP contribution in [0.3, 0.4) is 0 Å². The number of aliphatic hydroxyl groups excluding tert-OH is 10. The number of aliphatic hydroxyl groups is 10. The Kier molecular flexibility index (Phi) is 16.5. The third-order valence-corrected chi connectivity index (χ3v) is 13.5. The Balaban J connectivity index is 0.000000212. The van der Waals surface area contributed by atoms with Crippen LogP contribution in [0.4, 0.5) is 0 Å². The van der Waals surface area contributed by atoms with Crippen molar-refractivity contribution in [2.75, 3.05) is 0 Å². The van der Waals surface area contributed by atoms with E-state index in [4.69, 9.17) is 0 Å². The van der Waals surface area contributed by atoms with Gasteiger partial charge in [0.25, 0.3) is 0 Å². The number of phenols is 5. The third-order valence-electron chi connectivity index (χ3n) is 13.5. The fourth-order valence-electron chi connectivity index (χ4n) is 9.61. The van der Waals surface area contributed by atoms with Crippen LogP contribution >= 0.6 is 0 Å². The molecule has 0 atom stereocenters. The average molecular weight is 983 g/mol. The lowest BCUT2D eigenvalue weighted by molar-refractivity contribution is 0.262. The van der Waals surface area contributed by atoms with Crippen molar-refractivity contribution in [3.63, 3.8) is 0 Å². The van der Waals surface area contributed by atoms with Gasteiger partial charge >= 0.3 is 0 Å². The summed E-state index contributed by atoms with van der Waals surface area (Å²) in [7, 11) is 0. The van der Waals surface area contributed by atoms with E-state index in [0.717, 1.165) is 43.8 Å². The predicted octanol–water partition coefficient (Wildman–Crippen LogP) is 5.74. The minimum atomic E-state index is -1.20. The average Bonchev–Trinajstić information content (AvgIpc) is 3.41. The van der Waals surface area contributed by atoms with E-state index < -0.39 is 45.1 Å². The van der Waals surface area contributed by atoms with Crippen molar-refractivity contribution < 1.29 is 76.6 Å². The quantitative estimate of drug-likeness (QED) is 0.0406. The molecule has 15 nitrogen and oxygen atoms in total. The topological polar surface area (TPSA) is 303 Å². The van der Waals surface area contributed by atoms with E-state index >= 15 is 0 Å². The van der Waals surface area contributed by atoms with Crippen LogP contribution in [0, 0.1) is 0 Å². The van der Waals surface area contributed by atoms with Gasteiger partial charge in [0.1, 0.15) is 28.7 Å². The molecule has 0 fully saturated rings. The molecule has 0 saturated heterocycles. The van der Waals surface area contributed by atoms with Gasteiger partial charge in [-0.15, -0.1) is 0 Å². The first-order valence-electron chi connectivity index (χ1n) is 23.0. The van der Waals surface area contributed by atoms with Crippen molar-refractivity contribution in [3.8, 4) is 39.9 Å². The zero-order valence-electron chi connectivity index (χ0n) is 39.4. The Hall–Kier alpha value is -7.12. The highest BCUT2D eigenvalue weighted by Gasteiger charge is 2.35. The standard InChI is InChI=1S/C31H28O6.C26H30O9/c32-14-20-9-18(10-21(15-33)30(20)36)11-28-24-5-1-3-7-26(24)29(27-8-4-2-6-25(27)28)19-12-22(16-34)31(37)23(13-19)17-35;1-26(20-2-14(8-27)23(33)15(3-20)9-28,21-4-16(10-29)24(34)17(5-21)11-30)22-6-18(12-31)25(35)19(7-22)13-32/h1-10,12-13,32-37H,11,14-17H2;2-7,27-35H,8-13H2,1H3. The molecule has 376 valence electrons. The number of fused-ring (bicyclic) bond motifs is 2. The van der Waals surface area contributed by atoms with Gasteiger partial charge in [-0.05, 0) is 134 Å². The predicted molar refractivity (Wildman–Crippen MR) is 269 cm³/mol. The van der Waals surface area contributed by atoms with Gasteiger partial charge in [0, 0.05) is 61.0 Å².